The molecule has 0 spiro atoms. The van der Waals surface area contributed by atoms with Crippen LogP contribution in [0.5, 0.6) is 0 Å². The molecule has 38 heavy (non-hydrogen) atoms. The van der Waals surface area contributed by atoms with E-state index >= 15 is 0 Å². The van der Waals surface area contributed by atoms with Gasteiger partial charge in [-0.05, 0) is 97.5 Å². The number of allylic oxidation sites excluding steroid dienone is 8. The van der Waals surface area contributed by atoms with E-state index in [4.69, 9.17) is 11.5 Å². The third-order valence-corrected chi connectivity index (χ3v) is 6.58. The SMILES string of the molecule is C/C=C(\C=C(/N)c1cc(-c2ccccc2)ccc1C(C)C)CC(C)C.N/C=C\C=C/CC1=C[C@@H](F)CCC1. The highest BCUT2D eigenvalue weighted by Gasteiger charge is 2.12. The van der Waals surface area contributed by atoms with Crippen molar-refractivity contribution in [2.45, 2.75) is 78.8 Å². The molecule has 0 amide bonds. The largest absolute Gasteiger partial charge is 0.405 e. The first-order valence-electron chi connectivity index (χ1n) is 13.9. The van der Waals surface area contributed by atoms with Gasteiger partial charge in [-0.2, -0.15) is 0 Å². The van der Waals surface area contributed by atoms with E-state index in [1.165, 1.54) is 34.0 Å². The van der Waals surface area contributed by atoms with Crippen LogP contribution in [0.25, 0.3) is 16.8 Å². The number of halogens is 1. The van der Waals surface area contributed by atoms with Crippen molar-refractivity contribution in [3.63, 3.8) is 0 Å². The van der Waals surface area contributed by atoms with Crippen LogP contribution in [0.3, 0.4) is 0 Å². The zero-order valence-corrected chi connectivity index (χ0v) is 24.0. The first-order valence-corrected chi connectivity index (χ1v) is 13.9. The molecule has 1 aliphatic rings. The zero-order valence-electron chi connectivity index (χ0n) is 24.0. The van der Waals surface area contributed by atoms with Crippen LogP contribution in [0, 0.1) is 5.92 Å². The molecule has 1 aliphatic carbocycles. The summed E-state index contributed by atoms with van der Waals surface area (Å²) in [4.78, 5) is 0. The molecular weight excluding hydrogens is 467 g/mol. The van der Waals surface area contributed by atoms with Crippen LogP contribution in [0.4, 0.5) is 4.39 Å². The van der Waals surface area contributed by atoms with Gasteiger partial charge in [0.05, 0.1) is 0 Å². The van der Waals surface area contributed by atoms with Crippen molar-refractivity contribution in [1.29, 1.82) is 0 Å². The Morgan fingerprint density at radius 1 is 1.03 bits per heavy atom. The molecule has 0 aliphatic heterocycles. The molecule has 0 saturated carbocycles. The lowest BCUT2D eigenvalue weighted by atomic mass is 9.90. The predicted octanol–water partition coefficient (Wildman–Crippen LogP) is 9.62. The minimum Gasteiger partial charge on any atom is -0.405 e. The quantitative estimate of drug-likeness (QED) is 0.258. The standard InChI is InChI=1S/C24H31N.C11H16FN/c1-6-19(14-17(2)3)15-24(25)23-16-21(12-13-22(23)18(4)5)20-10-8-7-9-11-20;12-11-7-4-6-10(9-11)5-2-1-3-8-13/h6-13,15-18H,14,25H2,1-5H3;1-3,8-9,11H,4-7,13H2/b19-6-,24-15-;2-1-,8-3-/t;11-/m.0/s1. The van der Waals surface area contributed by atoms with Crippen LogP contribution in [0.1, 0.15) is 83.8 Å². The lowest BCUT2D eigenvalue weighted by Gasteiger charge is -2.16. The summed E-state index contributed by atoms with van der Waals surface area (Å²) in [5.41, 5.74) is 20.0. The number of alkyl halides is 1. The van der Waals surface area contributed by atoms with E-state index in [0.29, 0.717) is 18.3 Å². The van der Waals surface area contributed by atoms with Gasteiger partial charge in [-0.15, -0.1) is 0 Å². The molecule has 2 nitrogen and oxygen atoms in total. The Balaban J connectivity index is 0.000000328. The fourth-order valence-electron chi connectivity index (χ4n) is 4.61. The van der Waals surface area contributed by atoms with Gasteiger partial charge in [0.25, 0.3) is 0 Å². The number of rotatable bonds is 9. The van der Waals surface area contributed by atoms with Gasteiger partial charge in [0.2, 0.25) is 0 Å². The second-order valence-electron chi connectivity index (χ2n) is 10.6. The molecule has 0 aromatic heterocycles. The molecular formula is C35H47FN2. The normalized spacial score (nSPS) is 16.7. The summed E-state index contributed by atoms with van der Waals surface area (Å²) in [5, 5.41) is 0. The summed E-state index contributed by atoms with van der Waals surface area (Å²) < 4.78 is 12.9. The summed E-state index contributed by atoms with van der Waals surface area (Å²) in [6, 6.07) is 17.1. The molecule has 3 heteroatoms. The second kappa shape index (κ2) is 16.5. The van der Waals surface area contributed by atoms with Crippen molar-refractivity contribution in [3.8, 4) is 11.1 Å². The van der Waals surface area contributed by atoms with E-state index < -0.39 is 6.17 Å². The summed E-state index contributed by atoms with van der Waals surface area (Å²) >= 11 is 0. The first kappa shape index (κ1) is 30.9. The fraction of sp³-hybridized carbons (Fsp3) is 0.371. The number of hydrogen-bond donors (Lipinski definition) is 2. The highest BCUT2D eigenvalue weighted by Crippen LogP contribution is 2.30. The molecule has 204 valence electrons. The third-order valence-electron chi connectivity index (χ3n) is 6.58. The van der Waals surface area contributed by atoms with Crippen molar-refractivity contribution in [2.75, 3.05) is 0 Å². The van der Waals surface area contributed by atoms with Crippen LogP contribution in [-0.4, -0.2) is 6.17 Å². The molecule has 0 radical (unpaired) electrons. The average Bonchev–Trinajstić information content (AvgIpc) is 2.91. The molecule has 0 heterocycles. The summed E-state index contributed by atoms with van der Waals surface area (Å²) in [6.07, 6.45) is 17.1. The topological polar surface area (TPSA) is 52.0 Å². The monoisotopic (exact) mass is 514 g/mol. The van der Waals surface area contributed by atoms with Gasteiger partial charge < -0.3 is 11.5 Å². The maximum atomic E-state index is 12.9. The van der Waals surface area contributed by atoms with E-state index in [9.17, 15) is 4.39 Å². The smallest absolute Gasteiger partial charge is 0.119 e. The Bertz CT molecular complexity index is 1130. The molecule has 0 unspecified atom stereocenters. The van der Waals surface area contributed by atoms with E-state index in [1.54, 1.807) is 12.2 Å². The highest BCUT2D eigenvalue weighted by atomic mass is 19.1. The van der Waals surface area contributed by atoms with Gasteiger partial charge in [0.1, 0.15) is 6.17 Å². The van der Waals surface area contributed by atoms with Crippen LogP contribution in [0.2, 0.25) is 0 Å². The molecule has 0 saturated heterocycles. The Labute approximate surface area is 230 Å². The zero-order chi connectivity index (χ0) is 27.9. The van der Waals surface area contributed by atoms with Gasteiger partial charge in [0.15, 0.2) is 0 Å². The fourth-order valence-corrected chi connectivity index (χ4v) is 4.61. The van der Waals surface area contributed by atoms with Gasteiger partial charge in [-0.1, -0.05) is 100 Å². The third kappa shape index (κ3) is 10.6. The van der Waals surface area contributed by atoms with E-state index in [0.717, 1.165) is 36.9 Å². The number of benzene rings is 2. The minimum absolute atomic E-state index is 0.436. The van der Waals surface area contributed by atoms with Crippen LogP contribution in [0.15, 0.2) is 102 Å². The van der Waals surface area contributed by atoms with Gasteiger partial charge in [-0.25, -0.2) is 4.39 Å². The first-order chi connectivity index (χ1) is 18.2. The van der Waals surface area contributed by atoms with Gasteiger partial charge >= 0.3 is 0 Å². The number of nitrogens with two attached hydrogens (primary N) is 2. The van der Waals surface area contributed by atoms with Gasteiger partial charge in [-0.3, -0.25) is 0 Å². The molecule has 2 aromatic rings. The molecule has 0 bridgehead atoms. The Hall–Kier alpha value is -3.33. The van der Waals surface area contributed by atoms with E-state index in [2.05, 4.69) is 89.2 Å². The van der Waals surface area contributed by atoms with E-state index in [1.807, 2.05) is 18.2 Å². The van der Waals surface area contributed by atoms with Gasteiger partial charge in [0, 0.05) is 11.3 Å². The lowest BCUT2D eigenvalue weighted by Crippen LogP contribution is -2.04. The summed E-state index contributed by atoms with van der Waals surface area (Å²) in [5.74, 6) is 1.06. The van der Waals surface area contributed by atoms with Crippen molar-refractivity contribution < 1.29 is 4.39 Å². The molecule has 0 fully saturated rings. The van der Waals surface area contributed by atoms with Crippen molar-refractivity contribution in [2.24, 2.45) is 17.4 Å². The molecule has 4 N–H and O–H groups in total. The van der Waals surface area contributed by atoms with Crippen molar-refractivity contribution in [1.82, 2.24) is 0 Å². The Morgan fingerprint density at radius 3 is 2.37 bits per heavy atom. The maximum absolute atomic E-state index is 12.9. The average molecular weight is 515 g/mol. The summed E-state index contributed by atoms with van der Waals surface area (Å²) in [7, 11) is 0. The van der Waals surface area contributed by atoms with Crippen LogP contribution in [-0.2, 0) is 0 Å². The molecule has 1 atom stereocenters. The second-order valence-corrected chi connectivity index (χ2v) is 10.6. The Morgan fingerprint density at radius 2 is 1.76 bits per heavy atom. The minimum atomic E-state index is -0.720. The predicted molar refractivity (Wildman–Crippen MR) is 165 cm³/mol. The summed E-state index contributed by atoms with van der Waals surface area (Å²) in [6.45, 7) is 11.0. The highest BCUT2D eigenvalue weighted by molar-refractivity contribution is 5.75. The Kier molecular flexibility index (Phi) is 13.4. The maximum Gasteiger partial charge on any atom is 0.119 e. The molecule has 2 aromatic carbocycles. The van der Waals surface area contributed by atoms with Crippen LogP contribution >= 0.6 is 0 Å². The van der Waals surface area contributed by atoms with Crippen molar-refractivity contribution >= 4 is 5.70 Å². The van der Waals surface area contributed by atoms with E-state index in [-0.39, 0.29) is 0 Å². The van der Waals surface area contributed by atoms with Crippen LogP contribution < -0.4 is 11.5 Å². The lowest BCUT2D eigenvalue weighted by molar-refractivity contribution is 0.355. The number of hydrogen-bond acceptors (Lipinski definition) is 2. The van der Waals surface area contributed by atoms with Crippen molar-refractivity contribution in [3.05, 3.63) is 113 Å². The molecule has 3 rings (SSSR count).